The Bertz CT molecular complexity index is 633. The quantitative estimate of drug-likeness (QED) is 0.859. The van der Waals surface area contributed by atoms with E-state index in [2.05, 4.69) is 47.1 Å². The maximum absolute atomic E-state index is 9.92. The van der Waals surface area contributed by atoms with Crippen molar-refractivity contribution in [3.63, 3.8) is 0 Å². The second kappa shape index (κ2) is 5.67. The third-order valence-electron chi connectivity index (χ3n) is 4.50. The number of nitriles is 1. The Morgan fingerprint density at radius 3 is 2.71 bits per heavy atom. The molecule has 2 atom stereocenters. The molecule has 1 aliphatic rings. The summed E-state index contributed by atoms with van der Waals surface area (Å²) in [5.74, 6) is 0. The van der Waals surface area contributed by atoms with E-state index in [1.165, 1.54) is 5.56 Å². The van der Waals surface area contributed by atoms with Crippen molar-refractivity contribution in [1.29, 1.82) is 5.26 Å². The SMILES string of the molecule is CC(c1ccccc1)N1CCCC1(C#N)c1cccnc1. The lowest BCUT2D eigenvalue weighted by molar-refractivity contribution is 0.139. The number of rotatable bonds is 3. The van der Waals surface area contributed by atoms with E-state index in [1.807, 2.05) is 24.4 Å². The molecule has 0 N–H and O–H groups in total. The van der Waals surface area contributed by atoms with Crippen LogP contribution in [0, 0.1) is 11.3 Å². The summed E-state index contributed by atoms with van der Waals surface area (Å²) in [5.41, 5.74) is 1.71. The molecule has 0 spiro atoms. The fourth-order valence-corrected chi connectivity index (χ4v) is 3.38. The summed E-state index contributed by atoms with van der Waals surface area (Å²) in [6, 6.07) is 17.1. The predicted octanol–water partition coefficient (Wildman–Crippen LogP) is 3.66. The third kappa shape index (κ3) is 2.32. The minimum absolute atomic E-state index is 0.216. The van der Waals surface area contributed by atoms with Gasteiger partial charge in [0.1, 0.15) is 5.54 Å². The Morgan fingerprint density at radius 1 is 1.24 bits per heavy atom. The average Bonchev–Trinajstić information content (AvgIpc) is 3.01. The van der Waals surface area contributed by atoms with Gasteiger partial charge in [0.2, 0.25) is 0 Å². The second-order valence-electron chi connectivity index (χ2n) is 5.60. The normalized spacial score (nSPS) is 23.6. The number of pyridine rings is 1. The molecule has 21 heavy (non-hydrogen) atoms. The van der Waals surface area contributed by atoms with Crippen LogP contribution in [0.3, 0.4) is 0 Å². The molecular weight excluding hydrogens is 258 g/mol. The number of benzene rings is 1. The molecule has 2 unspecified atom stereocenters. The zero-order valence-electron chi connectivity index (χ0n) is 12.2. The van der Waals surface area contributed by atoms with Crippen molar-refractivity contribution in [2.24, 2.45) is 0 Å². The van der Waals surface area contributed by atoms with Gasteiger partial charge in [0.05, 0.1) is 6.07 Å². The molecule has 1 aliphatic heterocycles. The predicted molar refractivity (Wildman–Crippen MR) is 82.3 cm³/mol. The van der Waals surface area contributed by atoms with Crippen LogP contribution in [0.4, 0.5) is 0 Å². The van der Waals surface area contributed by atoms with Crippen LogP contribution in [-0.2, 0) is 5.54 Å². The summed E-state index contributed by atoms with van der Waals surface area (Å²) in [4.78, 5) is 6.53. The van der Waals surface area contributed by atoms with Crippen molar-refractivity contribution in [1.82, 2.24) is 9.88 Å². The lowest BCUT2D eigenvalue weighted by Crippen LogP contribution is -2.41. The van der Waals surface area contributed by atoms with E-state index in [0.717, 1.165) is 24.9 Å². The minimum atomic E-state index is -0.552. The Labute approximate surface area is 125 Å². The molecule has 1 aromatic heterocycles. The summed E-state index contributed by atoms with van der Waals surface area (Å²) in [6.45, 7) is 3.13. The van der Waals surface area contributed by atoms with Crippen LogP contribution in [0.5, 0.6) is 0 Å². The summed E-state index contributed by atoms with van der Waals surface area (Å²) < 4.78 is 0. The smallest absolute Gasteiger partial charge is 0.136 e. The van der Waals surface area contributed by atoms with Gasteiger partial charge in [-0.2, -0.15) is 5.26 Å². The van der Waals surface area contributed by atoms with Gasteiger partial charge in [-0.3, -0.25) is 9.88 Å². The highest BCUT2D eigenvalue weighted by molar-refractivity contribution is 5.32. The molecule has 2 heterocycles. The minimum Gasteiger partial charge on any atom is -0.275 e. The second-order valence-corrected chi connectivity index (χ2v) is 5.60. The average molecular weight is 277 g/mol. The van der Waals surface area contributed by atoms with Crippen molar-refractivity contribution >= 4 is 0 Å². The highest BCUT2D eigenvalue weighted by atomic mass is 15.2. The van der Waals surface area contributed by atoms with Crippen molar-refractivity contribution < 1.29 is 0 Å². The van der Waals surface area contributed by atoms with Crippen molar-refractivity contribution in [3.8, 4) is 6.07 Å². The zero-order chi connectivity index (χ0) is 14.7. The van der Waals surface area contributed by atoms with Gasteiger partial charge in [-0.25, -0.2) is 0 Å². The zero-order valence-corrected chi connectivity index (χ0v) is 12.2. The number of hydrogen-bond acceptors (Lipinski definition) is 3. The van der Waals surface area contributed by atoms with Crippen molar-refractivity contribution in [2.45, 2.75) is 31.3 Å². The molecular formula is C18H19N3. The van der Waals surface area contributed by atoms with Crippen LogP contribution in [0.1, 0.15) is 36.9 Å². The molecule has 3 nitrogen and oxygen atoms in total. The molecule has 0 bridgehead atoms. The van der Waals surface area contributed by atoms with E-state index in [4.69, 9.17) is 0 Å². The lowest BCUT2D eigenvalue weighted by atomic mass is 9.88. The topological polar surface area (TPSA) is 39.9 Å². The van der Waals surface area contributed by atoms with Gasteiger partial charge >= 0.3 is 0 Å². The molecule has 3 heteroatoms. The molecule has 3 rings (SSSR count). The molecule has 0 radical (unpaired) electrons. The molecule has 0 saturated carbocycles. The molecule has 0 amide bonds. The number of hydrogen-bond donors (Lipinski definition) is 0. The van der Waals surface area contributed by atoms with Crippen LogP contribution < -0.4 is 0 Å². The van der Waals surface area contributed by atoms with Gasteiger partial charge < -0.3 is 0 Å². The molecule has 2 aromatic rings. The van der Waals surface area contributed by atoms with E-state index in [9.17, 15) is 5.26 Å². The summed E-state index contributed by atoms with van der Waals surface area (Å²) in [7, 11) is 0. The Kier molecular flexibility index (Phi) is 3.72. The summed E-state index contributed by atoms with van der Waals surface area (Å²) in [5, 5.41) is 9.92. The van der Waals surface area contributed by atoms with Crippen molar-refractivity contribution in [3.05, 3.63) is 66.0 Å². The Morgan fingerprint density at radius 2 is 2.05 bits per heavy atom. The van der Waals surface area contributed by atoms with Gasteiger partial charge in [0.15, 0.2) is 0 Å². The van der Waals surface area contributed by atoms with Gasteiger partial charge in [-0.1, -0.05) is 36.4 Å². The largest absolute Gasteiger partial charge is 0.275 e. The first-order valence-corrected chi connectivity index (χ1v) is 7.41. The van der Waals surface area contributed by atoms with Gasteiger partial charge in [-0.15, -0.1) is 0 Å². The number of likely N-dealkylation sites (tertiary alicyclic amines) is 1. The maximum Gasteiger partial charge on any atom is 0.136 e. The van der Waals surface area contributed by atoms with E-state index < -0.39 is 5.54 Å². The van der Waals surface area contributed by atoms with Crippen LogP contribution in [0.25, 0.3) is 0 Å². The van der Waals surface area contributed by atoms with Gasteiger partial charge in [-0.05, 0) is 31.4 Å². The molecule has 0 aliphatic carbocycles. The van der Waals surface area contributed by atoms with Crippen LogP contribution in [0.2, 0.25) is 0 Å². The van der Waals surface area contributed by atoms with Crippen LogP contribution in [-0.4, -0.2) is 16.4 Å². The third-order valence-corrected chi connectivity index (χ3v) is 4.50. The highest BCUT2D eigenvalue weighted by Gasteiger charge is 2.45. The van der Waals surface area contributed by atoms with E-state index in [0.29, 0.717) is 0 Å². The van der Waals surface area contributed by atoms with E-state index in [1.54, 1.807) is 6.20 Å². The van der Waals surface area contributed by atoms with E-state index in [-0.39, 0.29) is 6.04 Å². The maximum atomic E-state index is 9.92. The summed E-state index contributed by atoms with van der Waals surface area (Å²) in [6.07, 6.45) is 5.50. The fraction of sp³-hybridized carbons (Fsp3) is 0.333. The number of nitrogens with zero attached hydrogens (tertiary/aromatic N) is 3. The Balaban J connectivity index is 2.00. The van der Waals surface area contributed by atoms with E-state index >= 15 is 0 Å². The Hall–Kier alpha value is -2.18. The van der Waals surface area contributed by atoms with Crippen LogP contribution >= 0.6 is 0 Å². The first-order valence-electron chi connectivity index (χ1n) is 7.41. The number of aromatic nitrogens is 1. The standard InChI is InChI=1S/C18H19N3/c1-15(16-7-3-2-4-8-16)21-12-6-10-18(21,14-19)17-9-5-11-20-13-17/h2-5,7-9,11,13,15H,6,10,12H2,1H3. The summed E-state index contributed by atoms with van der Waals surface area (Å²) >= 11 is 0. The first kappa shape index (κ1) is 13.8. The highest BCUT2D eigenvalue weighted by Crippen LogP contribution is 2.43. The molecule has 1 fully saturated rings. The molecule has 1 aromatic carbocycles. The first-order chi connectivity index (χ1) is 10.3. The van der Waals surface area contributed by atoms with Gasteiger partial charge in [0.25, 0.3) is 0 Å². The lowest BCUT2D eigenvalue weighted by Gasteiger charge is -2.37. The monoisotopic (exact) mass is 277 g/mol. The fourth-order valence-electron chi connectivity index (χ4n) is 3.38. The molecule has 106 valence electrons. The molecule has 1 saturated heterocycles. The van der Waals surface area contributed by atoms with Crippen molar-refractivity contribution in [2.75, 3.05) is 6.54 Å². The van der Waals surface area contributed by atoms with Gasteiger partial charge in [0, 0.05) is 30.5 Å². The van der Waals surface area contributed by atoms with Crippen LogP contribution in [0.15, 0.2) is 54.9 Å².